The van der Waals surface area contributed by atoms with Crippen molar-refractivity contribution in [1.29, 1.82) is 0 Å². The normalized spacial score (nSPS) is 10.9. The lowest BCUT2D eigenvalue weighted by Gasteiger charge is -2.15. The third-order valence-corrected chi connectivity index (χ3v) is 2.56. The second-order valence-corrected chi connectivity index (χ2v) is 4.35. The average Bonchev–Trinajstić information content (AvgIpc) is 2.12. The van der Waals surface area contributed by atoms with E-state index in [1.807, 2.05) is 0 Å². The monoisotopic (exact) mass is 197 g/mol. The molecule has 0 radical (unpaired) electrons. The van der Waals surface area contributed by atoms with Crippen molar-refractivity contribution in [3.63, 3.8) is 0 Å². The fourth-order valence-corrected chi connectivity index (χ4v) is 1.77. The SMILES string of the molecule is C=C(C)CCNCC(CCC)CCC. The van der Waals surface area contributed by atoms with E-state index in [0.717, 1.165) is 18.9 Å². The van der Waals surface area contributed by atoms with Crippen LogP contribution < -0.4 is 5.32 Å². The molecule has 0 aromatic rings. The first-order valence-electron chi connectivity index (χ1n) is 6.05. The summed E-state index contributed by atoms with van der Waals surface area (Å²) in [4.78, 5) is 0. The Morgan fingerprint density at radius 2 is 1.79 bits per heavy atom. The van der Waals surface area contributed by atoms with E-state index in [4.69, 9.17) is 0 Å². The molecule has 0 unspecified atom stereocenters. The molecule has 0 saturated carbocycles. The summed E-state index contributed by atoms with van der Waals surface area (Å²) in [7, 11) is 0. The molecule has 0 saturated heterocycles. The van der Waals surface area contributed by atoms with Crippen molar-refractivity contribution in [1.82, 2.24) is 5.32 Å². The summed E-state index contributed by atoms with van der Waals surface area (Å²) in [6.45, 7) is 12.8. The highest BCUT2D eigenvalue weighted by Crippen LogP contribution is 2.12. The van der Waals surface area contributed by atoms with Gasteiger partial charge in [-0.1, -0.05) is 32.3 Å². The van der Waals surface area contributed by atoms with Crippen molar-refractivity contribution in [3.05, 3.63) is 12.2 Å². The van der Waals surface area contributed by atoms with E-state index in [1.165, 1.54) is 37.8 Å². The molecule has 0 aliphatic heterocycles. The van der Waals surface area contributed by atoms with Crippen molar-refractivity contribution < 1.29 is 0 Å². The van der Waals surface area contributed by atoms with Gasteiger partial charge in [0.05, 0.1) is 0 Å². The molecule has 0 rings (SSSR count). The van der Waals surface area contributed by atoms with Crippen molar-refractivity contribution in [3.8, 4) is 0 Å². The molecule has 14 heavy (non-hydrogen) atoms. The zero-order valence-electron chi connectivity index (χ0n) is 10.2. The van der Waals surface area contributed by atoms with Crippen LogP contribution in [0.2, 0.25) is 0 Å². The maximum absolute atomic E-state index is 3.90. The zero-order chi connectivity index (χ0) is 10.8. The van der Waals surface area contributed by atoms with E-state index in [0.29, 0.717) is 0 Å². The molecule has 0 fully saturated rings. The first-order valence-corrected chi connectivity index (χ1v) is 6.05. The average molecular weight is 197 g/mol. The summed E-state index contributed by atoms with van der Waals surface area (Å²) in [5, 5.41) is 3.53. The van der Waals surface area contributed by atoms with Crippen molar-refractivity contribution in [2.45, 2.75) is 52.9 Å². The van der Waals surface area contributed by atoms with Gasteiger partial charge in [0.1, 0.15) is 0 Å². The van der Waals surface area contributed by atoms with Crippen LogP contribution >= 0.6 is 0 Å². The molecule has 0 aliphatic carbocycles. The Morgan fingerprint density at radius 3 is 2.21 bits per heavy atom. The number of rotatable bonds is 9. The first-order chi connectivity index (χ1) is 6.70. The molecule has 84 valence electrons. The van der Waals surface area contributed by atoms with Gasteiger partial charge in [0.15, 0.2) is 0 Å². The van der Waals surface area contributed by atoms with Crippen LogP contribution in [-0.4, -0.2) is 13.1 Å². The van der Waals surface area contributed by atoms with Gasteiger partial charge in [-0.2, -0.15) is 0 Å². The second-order valence-electron chi connectivity index (χ2n) is 4.35. The van der Waals surface area contributed by atoms with Crippen LogP contribution in [0, 0.1) is 5.92 Å². The Morgan fingerprint density at radius 1 is 1.21 bits per heavy atom. The minimum atomic E-state index is 0.884. The maximum Gasteiger partial charge on any atom is -0.00117 e. The minimum Gasteiger partial charge on any atom is -0.316 e. The van der Waals surface area contributed by atoms with Crippen LogP contribution in [0.25, 0.3) is 0 Å². The molecule has 0 bridgehead atoms. The topological polar surface area (TPSA) is 12.0 Å². The highest BCUT2D eigenvalue weighted by molar-refractivity contribution is 4.88. The van der Waals surface area contributed by atoms with Crippen LogP contribution in [0.4, 0.5) is 0 Å². The highest BCUT2D eigenvalue weighted by Gasteiger charge is 2.05. The quantitative estimate of drug-likeness (QED) is 0.438. The summed E-state index contributed by atoms with van der Waals surface area (Å²) in [6, 6.07) is 0. The Hall–Kier alpha value is -0.300. The van der Waals surface area contributed by atoms with Crippen molar-refractivity contribution in [2.75, 3.05) is 13.1 Å². The van der Waals surface area contributed by atoms with Gasteiger partial charge < -0.3 is 5.32 Å². The fourth-order valence-electron chi connectivity index (χ4n) is 1.77. The predicted molar refractivity (Wildman–Crippen MR) is 65.6 cm³/mol. The summed E-state index contributed by atoms with van der Waals surface area (Å²) in [5.41, 5.74) is 1.28. The Bertz CT molecular complexity index is 134. The van der Waals surface area contributed by atoms with Crippen LogP contribution in [0.1, 0.15) is 52.9 Å². The Labute approximate surface area is 90.0 Å². The Kier molecular flexibility index (Phi) is 9.06. The third kappa shape index (κ3) is 8.31. The molecule has 0 aromatic carbocycles. The van der Waals surface area contributed by atoms with Crippen molar-refractivity contribution >= 4 is 0 Å². The molecule has 0 aliphatic rings. The maximum atomic E-state index is 3.90. The fraction of sp³-hybridized carbons (Fsp3) is 0.846. The van der Waals surface area contributed by atoms with Crippen LogP contribution in [0.5, 0.6) is 0 Å². The third-order valence-electron chi connectivity index (χ3n) is 2.56. The summed E-state index contributed by atoms with van der Waals surface area (Å²) in [5.74, 6) is 0.884. The lowest BCUT2D eigenvalue weighted by atomic mass is 9.98. The van der Waals surface area contributed by atoms with Gasteiger partial charge in [-0.25, -0.2) is 0 Å². The molecular weight excluding hydrogens is 170 g/mol. The standard InChI is InChI=1S/C13H27N/c1-5-7-13(8-6-2)11-14-10-9-12(3)4/h13-14H,3,5-11H2,1-2,4H3. The van der Waals surface area contributed by atoms with Gasteiger partial charge >= 0.3 is 0 Å². The molecule has 0 atom stereocenters. The number of hydrogen-bond acceptors (Lipinski definition) is 1. The van der Waals surface area contributed by atoms with Gasteiger partial charge in [-0.3, -0.25) is 0 Å². The second kappa shape index (κ2) is 9.26. The largest absolute Gasteiger partial charge is 0.316 e. The van der Waals surface area contributed by atoms with E-state index in [9.17, 15) is 0 Å². The van der Waals surface area contributed by atoms with Gasteiger partial charge in [-0.05, 0) is 45.2 Å². The molecule has 0 spiro atoms. The number of hydrogen-bond donors (Lipinski definition) is 1. The highest BCUT2D eigenvalue weighted by atomic mass is 14.8. The van der Waals surface area contributed by atoms with Crippen LogP contribution in [0.3, 0.4) is 0 Å². The predicted octanol–water partition coefficient (Wildman–Crippen LogP) is 3.76. The van der Waals surface area contributed by atoms with Gasteiger partial charge in [0.2, 0.25) is 0 Å². The van der Waals surface area contributed by atoms with Gasteiger partial charge in [0.25, 0.3) is 0 Å². The molecule has 1 N–H and O–H groups in total. The summed E-state index contributed by atoms with van der Waals surface area (Å²) >= 11 is 0. The smallest absolute Gasteiger partial charge is 0.00117 e. The Balaban J connectivity index is 3.44. The lowest BCUT2D eigenvalue weighted by molar-refractivity contribution is 0.411. The van der Waals surface area contributed by atoms with E-state index in [1.54, 1.807) is 0 Å². The molecule has 0 aromatic heterocycles. The van der Waals surface area contributed by atoms with E-state index >= 15 is 0 Å². The first kappa shape index (κ1) is 13.7. The number of nitrogens with one attached hydrogen (secondary N) is 1. The summed E-state index contributed by atoms with van der Waals surface area (Å²) in [6.07, 6.45) is 6.48. The molecular formula is C13H27N. The minimum absolute atomic E-state index is 0.884. The zero-order valence-corrected chi connectivity index (χ0v) is 10.2. The van der Waals surface area contributed by atoms with Crippen LogP contribution in [-0.2, 0) is 0 Å². The van der Waals surface area contributed by atoms with Crippen LogP contribution in [0.15, 0.2) is 12.2 Å². The van der Waals surface area contributed by atoms with E-state index in [2.05, 4.69) is 32.7 Å². The van der Waals surface area contributed by atoms with E-state index < -0.39 is 0 Å². The summed E-state index contributed by atoms with van der Waals surface area (Å²) < 4.78 is 0. The molecule has 0 amide bonds. The molecule has 1 heteroatoms. The van der Waals surface area contributed by atoms with Crippen molar-refractivity contribution in [2.24, 2.45) is 5.92 Å². The van der Waals surface area contributed by atoms with Gasteiger partial charge in [-0.15, -0.1) is 6.58 Å². The van der Waals surface area contributed by atoms with E-state index in [-0.39, 0.29) is 0 Å². The molecule has 0 heterocycles. The van der Waals surface area contributed by atoms with Gasteiger partial charge in [0, 0.05) is 0 Å². The molecule has 1 nitrogen and oxygen atoms in total. The lowest BCUT2D eigenvalue weighted by Crippen LogP contribution is -2.23.